The first-order chi connectivity index (χ1) is 11.1. The number of amides is 2. The molecule has 0 spiro atoms. The number of fused-ring (bicyclic) bond motifs is 1. The Morgan fingerprint density at radius 1 is 1.35 bits per heavy atom. The maximum absolute atomic E-state index is 12.3. The monoisotopic (exact) mass is 330 g/mol. The quantitative estimate of drug-likeness (QED) is 0.915. The summed E-state index contributed by atoms with van der Waals surface area (Å²) in [4.78, 5) is 27.0. The van der Waals surface area contributed by atoms with Crippen LogP contribution in [0.5, 0.6) is 0 Å². The van der Waals surface area contributed by atoms with Crippen LogP contribution in [0.2, 0.25) is 0 Å². The second-order valence-electron chi connectivity index (χ2n) is 5.49. The molecule has 3 rings (SSSR count). The summed E-state index contributed by atoms with van der Waals surface area (Å²) < 4.78 is 5.28. The number of para-hydroxylation sites is 1. The molecule has 0 radical (unpaired) electrons. The van der Waals surface area contributed by atoms with Crippen molar-refractivity contribution in [2.24, 2.45) is 0 Å². The Morgan fingerprint density at radius 2 is 2.17 bits per heavy atom. The molecule has 0 unspecified atom stereocenters. The number of thioether (sulfide) groups is 1. The first-order valence-electron chi connectivity index (χ1n) is 7.47. The van der Waals surface area contributed by atoms with Gasteiger partial charge in [-0.1, -0.05) is 12.1 Å². The third kappa shape index (κ3) is 3.76. The average Bonchev–Trinajstić information content (AvgIpc) is 3.03. The van der Waals surface area contributed by atoms with Crippen molar-refractivity contribution in [3.63, 3.8) is 0 Å². The number of carbonyl (C=O) groups excluding carboxylic acids is 2. The number of carbonyl (C=O) groups is 2. The zero-order chi connectivity index (χ0) is 16.2. The molecule has 5 nitrogen and oxygen atoms in total. The predicted octanol–water partition coefficient (Wildman–Crippen LogP) is 2.47. The van der Waals surface area contributed by atoms with Gasteiger partial charge < -0.3 is 14.6 Å². The Kier molecular flexibility index (Phi) is 4.71. The second kappa shape index (κ2) is 6.91. The third-order valence-corrected chi connectivity index (χ3v) is 4.65. The van der Waals surface area contributed by atoms with E-state index in [-0.39, 0.29) is 24.4 Å². The van der Waals surface area contributed by atoms with E-state index >= 15 is 0 Å². The van der Waals surface area contributed by atoms with E-state index in [1.54, 1.807) is 11.2 Å². The molecular weight excluding hydrogens is 312 g/mol. The molecule has 0 aliphatic carbocycles. The summed E-state index contributed by atoms with van der Waals surface area (Å²) in [7, 11) is 0. The van der Waals surface area contributed by atoms with Crippen LogP contribution in [-0.4, -0.2) is 30.2 Å². The van der Waals surface area contributed by atoms with Crippen molar-refractivity contribution in [3.8, 4) is 0 Å². The van der Waals surface area contributed by atoms with E-state index in [4.69, 9.17) is 4.42 Å². The van der Waals surface area contributed by atoms with Gasteiger partial charge in [-0.3, -0.25) is 9.59 Å². The van der Waals surface area contributed by atoms with E-state index in [0.717, 1.165) is 16.3 Å². The molecule has 0 fully saturated rings. The third-order valence-electron chi connectivity index (χ3n) is 3.60. The SMILES string of the molecule is C[C@@H](Cc1ccco1)NC(=O)CN1C(=O)CSc2ccccc21. The van der Waals surface area contributed by atoms with Crippen LogP contribution in [0, 0.1) is 0 Å². The normalized spacial score (nSPS) is 15.2. The summed E-state index contributed by atoms with van der Waals surface area (Å²) in [6, 6.07) is 11.3. The molecule has 120 valence electrons. The first kappa shape index (κ1) is 15.7. The molecule has 1 atom stereocenters. The van der Waals surface area contributed by atoms with Gasteiger partial charge in [0.15, 0.2) is 0 Å². The highest BCUT2D eigenvalue weighted by atomic mass is 32.2. The highest BCUT2D eigenvalue weighted by Gasteiger charge is 2.26. The number of hydrogen-bond acceptors (Lipinski definition) is 4. The summed E-state index contributed by atoms with van der Waals surface area (Å²) in [5.74, 6) is 0.988. The zero-order valence-corrected chi connectivity index (χ0v) is 13.6. The lowest BCUT2D eigenvalue weighted by molar-refractivity contribution is -0.123. The van der Waals surface area contributed by atoms with Gasteiger partial charge in [-0.25, -0.2) is 0 Å². The molecule has 1 aromatic heterocycles. The lowest BCUT2D eigenvalue weighted by atomic mass is 10.2. The van der Waals surface area contributed by atoms with Crippen LogP contribution in [-0.2, 0) is 16.0 Å². The fourth-order valence-corrected chi connectivity index (χ4v) is 3.51. The fourth-order valence-electron chi connectivity index (χ4n) is 2.57. The zero-order valence-electron chi connectivity index (χ0n) is 12.8. The fraction of sp³-hybridized carbons (Fsp3) is 0.294. The standard InChI is InChI=1S/C17H18N2O3S/c1-12(9-13-5-4-8-22-13)18-16(20)10-19-14-6-2-3-7-15(14)23-11-17(19)21/h2-8,12H,9-11H2,1H3,(H,18,20)/t12-/m0/s1. The second-order valence-corrected chi connectivity index (χ2v) is 6.51. The molecule has 2 aromatic rings. The number of hydrogen-bond donors (Lipinski definition) is 1. The van der Waals surface area contributed by atoms with E-state index in [1.807, 2.05) is 43.3 Å². The highest BCUT2D eigenvalue weighted by Crippen LogP contribution is 2.34. The molecule has 0 saturated heterocycles. The number of rotatable bonds is 5. The van der Waals surface area contributed by atoms with Crippen molar-refractivity contribution in [1.29, 1.82) is 0 Å². The van der Waals surface area contributed by atoms with Crippen LogP contribution in [0.1, 0.15) is 12.7 Å². The van der Waals surface area contributed by atoms with Crippen LogP contribution in [0.4, 0.5) is 5.69 Å². The molecule has 1 aliphatic heterocycles. The van der Waals surface area contributed by atoms with E-state index < -0.39 is 0 Å². The number of nitrogens with zero attached hydrogens (tertiary/aromatic N) is 1. The molecular formula is C17H18N2O3S. The number of furan rings is 1. The summed E-state index contributed by atoms with van der Waals surface area (Å²) in [6.07, 6.45) is 2.24. The maximum Gasteiger partial charge on any atom is 0.240 e. The largest absolute Gasteiger partial charge is 0.469 e. The van der Waals surface area contributed by atoms with Crippen LogP contribution in [0.25, 0.3) is 0 Å². The molecule has 6 heteroatoms. The Balaban J connectivity index is 1.62. The van der Waals surface area contributed by atoms with Gasteiger partial charge in [0.05, 0.1) is 17.7 Å². The molecule has 2 heterocycles. The van der Waals surface area contributed by atoms with E-state index in [9.17, 15) is 9.59 Å². The molecule has 23 heavy (non-hydrogen) atoms. The molecule has 1 aromatic carbocycles. The molecule has 1 N–H and O–H groups in total. The Morgan fingerprint density at radius 3 is 2.96 bits per heavy atom. The topological polar surface area (TPSA) is 62.6 Å². The lowest BCUT2D eigenvalue weighted by Crippen LogP contribution is -2.45. The van der Waals surface area contributed by atoms with Crippen molar-refractivity contribution in [1.82, 2.24) is 5.32 Å². The van der Waals surface area contributed by atoms with Crippen molar-refractivity contribution in [2.75, 3.05) is 17.2 Å². The van der Waals surface area contributed by atoms with E-state index in [1.165, 1.54) is 11.8 Å². The van der Waals surface area contributed by atoms with Gasteiger partial charge in [0.25, 0.3) is 0 Å². The van der Waals surface area contributed by atoms with E-state index in [2.05, 4.69) is 5.32 Å². The summed E-state index contributed by atoms with van der Waals surface area (Å²) in [6.45, 7) is 1.96. The van der Waals surface area contributed by atoms with Crippen molar-refractivity contribution >= 4 is 29.3 Å². The Labute approximate surface area is 139 Å². The minimum atomic E-state index is -0.167. The van der Waals surface area contributed by atoms with Gasteiger partial charge in [-0.15, -0.1) is 11.8 Å². The van der Waals surface area contributed by atoms with Crippen LogP contribution < -0.4 is 10.2 Å². The summed E-state index contributed by atoms with van der Waals surface area (Å²) >= 11 is 1.51. The smallest absolute Gasteiger partial charge is 0.240 e. The van der Waals surface area contributed by atoms with Crippen LogP contribution in [0.15, 0.2) is 52.0 Å². The molecule has 2 amide bonds. The van der Waals surface area contributed by atoms with Gasteiger partial charge in [-0.05, 0) is 31.2 Å². The van der Waals surface area contributed by atoms with Crippen molar-refractivity contribution < 1.29 is 14.0 Å². The number of anilines is 1. The van der Waals surface area contributed by atoms with Crippen LogP contribution >= 0.6 is 11.8 Å². The summed E-state index contributed by atoms with van der Waals surface area (Å²) in [5.41, 5.74) is 0.808. The van der Waals surface area contributed by atoms with Gasteiger partial charge in [0, 0.05) is 17.4 Å². The summed E-state index contributed by atoms with van der Waals surface area (Å²) in [5, 5.41) is 2.92. The van der Waals surface area contributed by atoms with Gasteiger partial charge in [0.1, 0.15) is 12.3 Å². The average molecular weight is 330 g/mol. The van der Waals surface area contributed by atoms with Crippen molar-refractivity contribution in [3.05, 3.63) is 48.4 Å². The lowest BCUT2D eigenvalue weighted by Gasteiger charge is -2.28. The van der Waals surface area contributed by atoms with Crippen molar-refractivity contribution in [2.45, 2.75) is 24.3 Å². The van der Waals surface area contributed by atoms with Gasteiger partial charge in [-0.2, -0.15) is 0 Å². The minimum absolute atomic E-state index is 0.0393. The number of benzene rings is 1. The van der Waals surface area contributed by atoms with Gasteiger partial charge in [0.2, 0.25) is 11.8 Å². The molecule has 1 aliphatic rings. The number of nitrogens with one attached hydrogen (secondary N) is 1. The highest BCUT2D eigenvalue weighted by molar-refractivity contribution is 8.00. The Bertz CT molecular complexity index is 700. The van der Waals surface area contributed by atoms with E-state index in [0.29, 0.717) is 12.2 Å². The van der Waals surface area contributed by atoms with Gasteiger partial charge >= 0.3 is 0 Å². The minimum Gasteiger partial charge on any atom is -0.469 e. The first-order valence-corrected chi connectivity index (χ1v) is 8.46. The Hall–Kier alpha value is -2.21. The molecule has 0 bridgehead atoms. The van der Waals surface area contributed by atoms with Crippen LogP contribution in [0.3, 0.4) is 0 Å². The molecule has 0 saturated carbocycles. The predicted molar refractivity (Wildman–Crippen MR) is 89.5 cm³/mol. The maximum atomic E-state index is 12.3.